The van der Waals surface area contributed by atoms with E-state index in [1.54, 1.807) is 18.3 Å². The zero-order valence-corrected chi connectivity index (χ0v) is 21.7. The normalized spacial score (nSPS) is 14.1. The summed E-state index contributed by atoms with van der Waals surface area (Å²) in [6, 6.07) is 8.29. The van der Waals surface area contributed by atoms with Crippen molar-refractivity contribution in [3.63, 3.8) is 0 Å². The van der Waals surface area contributed by atoms with Crippen molar-refractivity contribution in [3.8, 4) is 5.75 Å². The van der Waals surface area contributed by atoms with Crippen molar-refractivity contribution in [2.24, 2.45) is 5.73 Å². The van der Waals surface area contributed by atoms with E-state index in [1.807, 2.05) is 24.3 Å². The molecule has 3 aromatic rings. The summed E-state index contributed by atoms with van der Waals surface area (Å²) in [5, 5.41) is 36.4. The number of carboxylic acid groups (broad SMARTS) is 1. The van der Waals surface area contributed by atoms with Gasteiger partial charge in [0, 0.05) is 35.7 Å². The van der Waals surface area contributed by atoms with Crippen LogP contribution in [0.2, 0.25) is 0 Å². The first kappa shape index (κ1) is 29.5. The summed E-state index contributed by atoms with van der Waals surface area (Å²) >= 11 is 4.04. The first-order valence-electron chi connectivity index (χ1n) is 12.1. The molecule has 3 rings (SSSR count). The predicted molar refractivity (Wildman–Crippen MR) is 146 cm³/mol. The van der Waals surface area contributed by atoms with Crippen molar-refractivity contribution in [1.82, 2.24) is 20.9 Å². The maximum atomic E-state index is 13.5. The minimum Gasteiger partial charge on any atom is -0.508 e. The number of carbonyl (C=O) groups excluding carboxylic acids is 3. The summed E-state index contributed by atoms with van der Waals surface area (Å²) in [7, 11) is 0. The van der Waals surface area contributed by atoms with E-state index in [2.05, 4.69) is 33.6 Å². The van der Waals surface area contributed by atoms with Crippen LogP contribution < -0.4 is 21.7 Å². The molecular weight excluding hydrogens is 526 g/mol. The van der Waals surface area contributed by atoms with E-state index in [4.69, 9.17) is 5.73 Å². The molecule has 4 unspecified atom stereocenters. The van der Waals surface area contributed by atoms with Gasteiger partial charge in [0.05, 0.1) is 12.6 Å². The average Bonchev–Trinajstić information content (AvgIpc) is 3.33. The van der Waals surface area contributed by atoms with Crippen LogP contribution in [0.25, 0.3) is 10.9 Å². The quantitative estimate of drug-likeness (QED) is 0.124. The Bertz CT molecular complexity index is 1310. The van der Waals surface area contributed by atoms with E-state index in [9.17, 15) is 34.5 Å². The smallest absolute Gasteiger partial charge is 0.328 e. The number of phenolic OH excluding ortho intramolecular Hbond substituents is 1. The highest BCUT2D eigenvalue weighted by atomic mass is 32.1. The Kier molecular flexibility index (Phi) is 10.3. The Morgan fingerprint density at radius 3 is 2.08 bits per heavy atom. The zero-order chi connectivity index (χ0) is 28.5. The van der Waals surface area contributed by atoms with Gasteiger partial charge < -0.3 is 42.0 Å². The molecular formula is C26H31N5O7S. The first-order chi connectivity index (χ1) is 18.6. The molecule has 9 N–H and O–H groups in total. The Morgan fingerprint density at radius 2 is 1.46 bits per heavy atom. The second-order valence-corrected chi connectivity index (χ2v) is 9.29. The summed E-state index contributed by atoms with van der Waals surface area (Å²) in [4.78, 5) is 53.6. The fourth-order valence-electron chi connectivity index (χ4n) is 3.90. The van der Waals surface area contributed by atoms with E-state index in [-0.39, 0.29) is 24.3 Å². The lowest BCUT2D eigenvalue weighted by Gasteiger charge is -2.25. The number of fused-ring (bicyclic) bond motifs is 1. The van der Waals surface area contributed by atoms with E-state index < -0.39 is 54.5 Å². The predicted octanol–water partition coefficient (Wildman–Crippen LogP) is -0.553. The minimum absolute atomic E-state index is 0.00274. The maximum absolute atomic E-state index is 13.5. The Balaban J connectivity index is 1.88. The van der Waals surface area contributed by atoms with Gasteiger partial charge in [-0.05, 0) is 29.3 Å². The number of aromatic hydroxyl groups is 1. The fourth-order valence-corrected chi connectivity index (χ4v) is 4.06. The lowest BCUT2D eigenvalue weighted by Crippen LogP contribution is -2.58. The summed E-state index contributed by atoms with van der Waals surface area (Å²) < 4.78 is 0. The van der Waals surface area contributed by atoms with Gasteiger partial charge in [-0.3, -0.25) is 14.4 Å². The summed E-state index contributed by atoms with van der Waals surface area (Å²) in [6.45, 7) is -0.859. The number of carbonyl (C=O) groups is 4. The highest BCUT2D eigenvalue weighted by molar-refractivity contribution is 7.80. The molecule has 0 saturated carbocycles. The number of thiol groups is 1. The van der Waals surface area contributed by atoms with Gasteiger partial charge in [0.25, 0.3) is 0 Å². The van der Waals surface area contributed by atoms with Gasteiger partial charge in [-0.25, -0.2) is 4.79 Å². The number of amides is 3. The number of aliphatic carboxylic acids is 1. The number of aromatic amines is 1. The van der Waals surface area contributed by atoms with E-state index in [0.717, 1.165) is 16.5 Å². The molecule has 12 nitrogen and oxygen atoms in total. The van der Waals surface area contributed by atoms with E-state index in [0.29, 0.717) is 5.56 Å². The highest BCUT2D eigenvalue weighted by Gasteiger charge is 2.31. The van der Waals surface area contributed by atoms with Crippen molar-refractivity contribution in [2.75, 3.05) is 12.4 Å². The molecule has 39 heavy (non-hydrogen) atoms. The van der Waals surface area contributed by atoms with Crippen LogP contribution in [-0.4, -0.2) is 80.5 Å². The van der Waals surface area contributed by atoms with E-state index >= 15 is 0 Å². The third-order valence-electron chi connectivity index (χ3n) is 6.07. The monoisotopic (exact) mass is 557 g/mol. The second kappa shape index (κ2) is 13.6. The van der Waals surface area contributed by atoms with Gasteiger partial charge in [0.2, 0.25) is 17.7 Å². The Morgan fingerprint density at radius 1 is 0.872 bits per heavy atom. The third-order valence-corrected chi connectivity index (χ3v) is 6.47. The molecule has 208 valence electrons. The molecule has 0 saturated heterocycles. The minimum atomic E-state index is -1.59. The number of hydrogen-bond donors (Lipinski definition) is 9. The number of benzene rings is 2. The van der Waals surface area contributed by atoms with Crippen molar-refractivity contribution in [2.45, 2.75) is 37.0 Å². The second-order valence-electron chi connectivity index (χ2n) is 8.93. The van der Waals surface area contributed by atoms with Crippen LogP contribution in [0.4, 0.5) is 0 Å². The zero-order valence-electron chi connectivity index (χ0n) is 20.8. The van der Waals surface area contributed by atoms with Crippen LogP contribution in [0.3, 0.4) is 0 Å². The van der Waals surface area contributed by atoms with Crippen LogP contribution in [-0.2, 0) is 32.0 Å². The van der Waals surface area contributed by atoms with Gasteiger partial charge in [0.15, 0.2) is 0 Å². The molecule has 2 aromatic carbocycles. The Labute approximate surface area is 229 Å². The molecule has 0 aliphatic carbocycles. The van der Waals surface area contributed by atoms with Crippen molar-refractivity contribution < 1.29 is 34.5 Å². The van der Waals surface area contributed by atoms with Crippen molar-refractivity contribution in [1.29, 1.82) is 0 Å². The lowest BCUT2D eigenvalue weighted by atomic mass is 10.0. The van der Waals surface area contributed by atoms with Crippen LogP contribution in [0.1, 0.15) is 11.1 Å². The molecule has 0 aliphatic rings. The highest BCUT2D eigenvalue weighted by Crippen LogP contribution is 2.19. The van der Waals surface area contributed by atoms with Crippen LogP contribution in [0, 0.1) is 0 Å². The molecule has 13 heteroatoms. The summed E-state index contributed by atoms with van der Waals surface area (Å²) in [6.07, 6.45) is 1.71. The number of aliphatic hydroxyl groups excluding tert-OH is 1. The van der Waals surface area contributed by atoms with Gasteiger partial charge in [-0.2, -0.15) is 12.6 Å². The van der Waals surface area contributed by atoms with Crippen molar-refractivity contribution >= 4 is 47.2 Å². The van der Waals surface area contributed by atoms with Crippen LogP contribution >= 0.6 is 12.6 Å². The van der Waals surface area contributed by atoms with Gasteiger partial charge in [0.1, 0.15) is 23.9 Å². The molecule has 0 spiro atoms. The first-order valence-corrected chi connectivity index (χ1v) is 12.7. The van der Waals surface area contributed by atoms with Gasteiger partial charge >= 0.3 is 5.97 Å². The maximum Gasteiger partial charge on any atom is 0.328 e. The third kappa shape index (κ3) is 7.96. The number of nitrogens with one attached hydrogen (secondary N) is 4. The molecule has 0 radical (unpaired) electrons. The number of H-pyrrole nitrogens is 1. The summed E-state index contributed by atoms with van der Waals surface area (Å²) in [5.74, 6) is -3.60. The van der Waals surface area contributed by atoms with E-state index in [1.165, 1.54) is 12.1 Å². The number of hydrogen-bond acceptors (Lipinski definition) is 8. The van der Waals surface area contributed by atoms with Crippen molar-refractivity contribution in [3.05, 3.63) is 65.9 Å². The number of rotatable bonds is 13. The number of aliphatic hydroxyl groups is 1. The van der Waals surface area contributed by atoms with Gasteiger partial charge in [-0.1, -0.05) is 30.3 Å². The molecule has 3 amide bonds. The van der Waals surface area contributed by atoms with Gasteiger partial charge in [-0.15, -0.1) is 0 Å². The lowest BCUT2D eigenvalue weighted by molar-refractivity contribution is -0.143. The topological polar surface area (TPSA) is 207 Å². The molecule has 1 aromatic heterocycles. The number of nitrogens with two attached hydrogens (primary N) is 1. The molecule has 0 aliphatic heterocycles. The number of phenols is 1. The largest absolute Gasteiger partial charge is 0.508 e. The standard InChI is InChI=1S/C26H31N5O7S/c27-18(13-39)23(34)29-21(10-15-11-28-19-4-2-1-3-17(15)19)25(36)30-20(9-14-5-7-16(33)8-6-14)24(35)31-22(12-32)26(37)38/h1-8,11,18,20-22,28,32-33,39H,9-10,12-13,27H2,(H,29,34)(H,30,36)(H,31,35)(H,37,38). The SMILES string of the molecule is NC(CS)C(=O)NC(Cc1c[nH]c2ccccc12)C(=O)NC(Cc1ccc(O)cc1)C(=O)NC(CO)C(=O)O. The number of aromatic nitrogens is 1. The Hall–Kier alpha value is -4.07. The molecule has 0 fully saturated rings. The fraction of sp³-hybridized carbons (Fsp3) is 0.308. The molecule has 4 atom stereocenters. The van der Waals surface area contributed by atoms with Crippen LogP contribution in [0.5, 0.6) is 5.75 Å². The number of carboxylic acids is 1. The van der Waals surface area contributed by atoms with Crippen LogP contribution in [0.15, 0.2) is 54.7 Å². The molecule has 0 bridgehead atoms. The summed E-state index contributed by atoms with van der Waals surface area (Å²) in [5.41, 5.74) is 7.92. The average molecular weight is 558 g/mol. The number of para-hydroxylation sites is 1. The molecule has 1 heterocycles.